The van der Waals surface area contributed by atoms with Crippen molar-refractivity contribution < 1.29 is 9.90 Å². The molecule has 1 saturated heterocycles. The molecule has 4 nitrogen and oxygen atoms in total. The van der Waals surface area contributed by atoms with E-state index in [1.165, 1.54) is 32.4 Å². The highest BCUT2D eigenvalue weighted by atomic mass is 16.4. The van der Waals surface area contributed by atoms with Crippen LogP contribution in [0.2, 0.25) is 0 Å². The molecule has 20 heavy (non-hydrogen) atoms. The number of aliphatic carboxylic acids is 1. The van der Waals surface area contributed by atoms with Crippen molar-refractivity contribution in [2.45, 2.75) is 64.8 Å². The molecule has 0 aliphatic carbocycles. The number of hydrogen-bond donors (Lipinski definition) is 2. The molecule has 0 radical (unpaired) electrons. The first-order valence-electron chi connectivity index (χ1n) is 8.07. The van der Waals surface area contributed by atoms with E-state index in [-0.39, 0.29) is 0 Å². The minimum Gasteiger partial charge on any atom is -0.480 e. The standard InChI is InChI=1S/C16H32N2O2/c1-13(2)14-7-6-11-18(12-8-14)10-5-4-9-16(3,17)15(19)20/h13-14H,4-12,17H2,1-3H3,(H,19,20). The van der Waals surface area contributed by atoms with Crippen LogP contribution in [0.4, 0.5) is 0 Å². The molecule has 0 saturated carbocycles. The van der Waals surface area contributed by atoms with E-state index in [4.69, 9.17) is 10.8 Å². The summed E-state index contributed by atoms with van der Waals surface area (Å²) in [4.78, 5) is 13.5. The molecule has 118 valence electrons. The molecule has 0 amide bonds. The van der Waals surface area contributed by atoms with Crippen LogP contribution in [0.25, 0.3) is 0 Å². The molecule has 0 aromatic rings. The number of carboxylic acids is 1. The summed E-state index contributed by atoms with van der Waals surface area (Å²) in [5.41, 5.74) is 4.67. The first-order valence-corrected chi connectivity index (χ1v) is 8.07. The van der Waals surface area contributed by atoms with Gasteiger partial charge in [0.1, 0.15) is 5.54 Å². The van der Waals surface area contributed by atoms with Gasteiger partial charge < -0.3 is 15.7 Å². The Kier molecular flexibility index (Phi) is 6.96. The number of rotatable bonds is 7. The molecular formula is C16H32N2O2. The zero-order valence-corrected chi connectivity index (χ0v) is 13.4. The van der Waals surface area contributed by atoms with E-state index in [0.29, 0.717) is 6.42 Å². The van der Waals surface area contributed by atoms with Crippen LogP contribution in [0.1, 0.15) is 59.3 Å². The van der Waals surface area contributed by atoms with Crippen molar-refractivity contribution in [3.8, 4) is 0 Å². The largest absolute Gasteiger partial charge is 0.480 e. The lowest BCUT2D eigenvalue weighted by atomic mass is 9.89. The summed E-state index contributed by atoms with van der Waals surface area (Å²) in [6, 6.07) is 0. The number of carbonyl (C=O) groups is 1. The highest BCUT2D eigenvalue weighted by Gasteiger charge is 2.27. The van der Waals surface area contributed by atoms with Gasteiger partial charge in [-0.2, -0.15) is 0 Å². The molecule has 3 N–H and O–H groups in total. The second kappa shape index (κ2) is 7.99. The lowest BCUT2D eigenvalue weighted by Crippen LogP contribution is -2.44. The molecule has 1 heterocycles. The van der Waals surface area contributed by atoms with Gasteiger partial charge in [-0.25, -0.2) is 0 Å². The molecule has 1 rings (SSSR count). The molecule has 2 unspecified atom stereocenters. The van der Waals surface area contributed by atoms with E-state index in [2.05, 4.69) is 18.7 Å². The summed E-state index contributed by atoms with van der Waals surface area (Å²) < 4.78 is 0. The van der Waals surface area contributed by atoms with Crippen molar-refractivity contribution in [1.29, 1.82) is 0 Å². The van der Waals surface area contributed by atoms with Crippen molar-refractivity contribution >= 4 is 5.97 Å². The Labute approximate surface area is 123 Å². The van der Waals surface area contributed by atoms with Gasteiger partial charge in [-0.1, -0.05) is 13.8 Å². The molecule has 0 aromatic heterocycles. The molecule has 2 atom stereocenters. The molecule has 0 bridgehead atoms. The molecule has 1 aliphatic rings. The van der Waals surface area contributed by atoms with Crippen molar-refractivity contribution in [2.24, 2.45) is 17.6 Å². The number of nitrogens with zero attached hydrogens (tertiary/aromatic N) is 1. The second-order valence-corrected chi connectivity index (χ2v) is 6.96. The highest BCUT2D eigenvalue weighted by molar-refractivity contribution is 5.77. The number of nitrogens with two attached hydrogens (primary N) is 1. The molecule has 1 fully saturated rings. The van der Waals surface area contributed by atoms with Gasteiger partial charge in [0.2, 0.25) is 0 Å². The Morgan fingerprint density at radius 3 is 2.65 bits per heavy atom. The Morgan fingerprint density at radius 1 is 1.35 bits per heavy atom. The van der Waals surface area contributed by atoms with Gasteiger partial charge in [0, 0.05) is 0 Å². The first kappa shape index (κ1) is 17.4. The quantitative estimate of drug-likeness (QED) is 0.705. The fourth-order valence-electron chi connectivity index (χ4n) is 3.01. The average molecular weight is 284 g/mol. The van der Waals surface area contributed by atoms with E-state index in [0.717, 1.165) is 31.2 Å². The van der Waals surface area contributed by atoms with E-state index < -0.39 is 11.5 Å². The molecule has 0 spiro atoms. The lowest BCUT2D eigenvalue weighted by molar-refractivity contribution is -0.142. The zero-order chi connectivity index (χ0) is 15.2. The van der Waals surface area contributed by atoms with E-state index in [1.807, 2.05) is 0 Å². The molecule has 1 aliphatic heterocycles. The van der Waals surface area contributed by atoms with Gasteiger partial charge in [0.25, 0.3) is 0 Å². The van der Waals surface area contributed by atoms with Gasteiger partial charge in [-0.3, -0.25) is 4.79 Å². The summed E-state index contributed by atoms with van der Waals surface area (Å²) in [7, 11) is 0. The number of unbranched alkanes of at least 4 members (excludes halogenated alkanes) is 1. The Morgan fingerprint density at radius 2 is 2.05 bits per heavy atom. The van der Waals surface area contributed by atoms with Crippen LogP contribution >= 0.6 is 0 Å². The van der Waals surface area contributed by atoms with Gasteiger partial charge in [-0.15, -0.1) is 0 Å². The van der Waals surface area contributed by atoms with E-state index in [9.17, 15) is 4.79 Å². The third-order valence-corrected chi connectivity index (χ3v) is 4.72. The number of likely N-dealkylation sites (tertiary alicyclic amines) is 1. The van der Waals surface area contributed by atoms with Crippen LogP contribution in [0, 0.1) is 11.8 Å². The summed E-state index contributed by atoms with van der Waals surface area (Å²) in [5, 5.41) is 8.97. The van der Waals surface area contributed by atoms with Crippen LogP contribution in [0.5, 0.6) is 0 Å². The van der Waals surface area contributed by atoms with Gasteiger partial charge >= 0.3 is 5.97 Å². The second-order valence-electron chi connectivity index (χ2n) is 6.96. The molecule has 0 aromatic carbocycles. The van der Waals surface area contributed by atoms with Crippen molar-refractivity contribution in [2.75, 3.05) is 19.6 Å². The van der Waals surface area contributed by atoms with Crippen LogP contribution in [0.15, 0.2) is 0 Å². The summed E-state index contributed by atoms with van der Waals surface area (Å²) in [6.45, 7) is 9.74. The van der Waals surface area contributed by atoms with Crippen molar-refractivity contribution in [3.05, 3.63) is 0 Å². The topological polar surface area (TPSA) is 66.6 Å². The minimum atomic E-state index is -1.07. The van der Waals surface area contributed by atoms with Crippen LogP contribution in [-0.2, 0) is 4.79 Å². The van der Waals surface area contributed by atoms with Crippen LogP contribution in [0.3, 0.4) is 0 Å². The predicted octanol–water partition coefficient (Wildman–Crippen LogP) is 2.72. The number of hydrogen-bond acceptors (Lipinski definition) is 3. The predicted molar refractivity (Wildman–Crippen MR) is 82.7 cm³/mol. The van der Waals surface area contributed by atoms with Gasteiger partial charge in [-0.05, 0) is 76.9 Å². The van der Waals surface area contributed by atoms with E-state index >= 15 is 0 Å². The minimum absolute atomic E-state index is 0.560. The van der Waals surface area contributed by atoms with E-state index in [1.54, 1.807) is 6.92 Å². The highest BCUT2D eigenvalue weighted by Crippen LogP contribution is 2.24. The maximum Gasteiger partial charge on any atom is 0.323 e. The van der Waals surface area contributed by atoms with Crippen LogP contribution < -0.4 is 5.73 Å². The SMILES string of the molecule is CC(C)C1CCCN(CCCCC(C)(N)C(=O)O)CC1. The fraction of sp³-hybridized carbons (Fsp3) is 0.938. The lowest BCUT2D eigenvalue weighted by Gasteiger charge is -2.22. The van der Waals surface area contributed by atoms with Crippen molar-refractivity contribution in [3.63, 3.8) is 0 Å². The Balaban J connectivity index is 2.21. The Hall–Kier alpha value is -0.610. The summed E-state index contributed by atoms with van der Waals surface area (Å²) >= 11 is 0. The number of carboxylic acid groups (broad SMARTS) is 1. The first-order chi connectivity index (χ1) is 9.33. The van der Waals surface area contributed by atoms with Crippen LogP contribution in [-0.4, -0.2) is 41.1 Å². The Bertz CT molecular complexity index is 303. The maximum atomic E-state index is 10.9. The zero-order valence-electron chi connectivity index (χ0n) is 13.4. The van der Waals surface area contributed by atoms with Crippen molar-refractivity contribution in [1.82, 2.24) is 4.90 Å². The smallest absolute Gasteiger partial charge is 0.323 e. The summed E-state index contributed by atoms with van der Waals surface area (Å²) in [6.07, 6.45) is 6.46. The third-order valence-electron chi connectivity index (χ3n) is 4.72. The summed E-state index contributed by atoms with van der Waals surface area (Å²) in [5.74, 6) is 0.773. The fourth-order valence-corrected chi connectivity index (χ4v) is 3.01. The third kappa shape index (κ3) is 5.80. The molecular weight excluding hydrogens is 252 g/mol. The monoisotopic (exact) mass is 284 g/mol. The van der Waals surface area contributed by atoms with Gasteiger partial charge in [0.15, 0.2) is 0 Å². The molecule has 4 heteroatoms. The van der Waals surface area contributed by atoms with Gasteiger partial charge in [0.05, 0.1) is 0 Å². The normalized spacial score (nSPS) is 24.4. The maximum absolute atomic E-state index is 10.9. The average Bonchev–Trinajstić information content (AvgIpc) is 2.60.